The van der Waals surface area contributed by atoms with E-state index < -0.39 is 0 Å². The van der Waals surface area contributed by atoms with Crippen molar-refractivity contribution >= 4 is 17.2 Å². The largest absolute Gasteiger partial charge is 0.347 e. The molecule has 1 saturated heterocycles. The predicted molar refractivity (Wildman–Crippen MR) is 64.4 cm³/mol. The first-order valence-corrected chi connectivity index (χ1v) is 6.42. The third kappa shape index (κ3) is 2.59. The molecule has 0 spiro atoms. The van der Waals surface area contributed by atoms with Crippen molar-refractivity contribution < 1.29 is 4.79 Å². The molecule has 0 bridgehead atoms. The lowest BCUT2D eigenvalue weighted by Crippen LogP contribution is -2.33. The Kier molecular flexibility index (Phi) is 3.56. The fourth-order valence-electron chi connectivity index (χ4n) is 1.84. The highest BCUT2D eigenvalue weighted by molar-refractivity contribution is 7.11. The molecule has 16 heavy (non-hydrogen) atoms. The standard InChI is InChI=1S/C11H17N3OS/c1-7-5-13-11(16-7)8(2)14-10(15)9-3-4-12-6-9/h5,8-9,12H,3-4,6H2,1-2H3,(H,14,15). The molecule has 2 unspecified atom stereocenters. The minimum Gasteiger partial charge on any atom is -0.347 e. The van der Waals surface area contributed by atoms with E-state index in [0.29, 0.717) is 0 Å². The van der Waals surface area contributed by atoms with Crippen LogP contribution in [0.1, 0.15) is 29.3 Å². The Morgan fingerprint density at radius 2 is 2.56 bits per heavy atom. The molecule has 0 saturated carbocycles. The van der Waals surface area contributed by atoms with Crippen molar-refractivity contribution in [3.8, 4) is 0 Å². The number of nitrogens with one attached hydrogen (secondary N) is 2. The van der Waals surface area contributed by atoms with Gasteiger partial charge in [-0.1, -0.05) is 0 Å². The second-order valence-corrected chi connectivity index (χ2v) is 5.50. The number of carbonyl (C=O) groups excluding carboxylic acids is 1. The number of carbonyl (C=O) groups is 1. The molecule has 88 valence electrons. The molecule has 4 nitrogen and oxygen atoms in total. The summed E-state index contributed by atoms with van der Waals surface area (Å²) in [6, 6.07) is 0.0202. The van der Waals surface area contributed by atoms with Crippen LogP contribution >= 0.6 is 11.3 Å². The van der Waals surface area contributed by atoms with Crippen LogP contribution in [0.4, 0.5) is 0 Å². The quantitative estimate of drug-likeness (QED) is 0.834. The van der Waals surface area contributed by atoms with Crippen molar-refractivity contribution in [2.75, 3.05) is 13.1 Å². The Labute approximate surface area is 99.5 Å². The van der Waals surface area contributed by atoms with Crippen LogP contribution in [-0.4, -0.2) is 24.0 Å². The molecular formula is C11H17N3OS. The molecule has 0 radical (unpaired) electrons. The summed E-state index contributed by atoms with van der Waals surface area (Å²) in [5.41, 5.74) is 0. The Hall–Kier alpha value is -0.940. The summed E-state index contributed by atoms with van der Waals surface area (Å²) in [7, 11) is 0. The Morgan fingerprint density at radius 1 is 1.75 bits per heavy atom. The highest BCUT2D eigenvalue weighted by Gasteiger charge is 2.24. The number of hydrogen-bond donors (Lipinski definition) is 2. The van der Waals surface area contributed by atoms with E-state index in [4.69, 9.17) is 0 Å². The van der Waals surface area contributed by atoms with Gasteiger partial charge < -0.3 is 10.6 Å². The zero-order valence-corrected chi connectivity index (χ0v) is 10.4. The Bertz CT molecular complexity index is 371. The summed E-state index contributed by atoms with van der Waals surface area (Å²) in [6.45, 7) is 5.76. The van der Waals surface area contributed by atoms with Crippen LogP contribution in [0.25, 0.3) is 0 Å². The number of hydrogen-bond acceptors (Lipinski definition) is 4. The minimum atomic E-state index is 0.0202. The van der Waals surface area contributed by atoms with Gasteiger partial charge >= 0.3 is 0 Å². The maximum atomic E-state index is 11.9. The zero-order valence-electron chi connectivity index (χ0n) is 9.62. The van der Waals surface area contributed by atoms with E-state index in [1.54, 1.807) is 11.3 Å². The van der Waals surface area contributed by atoms with Crippen molar-refractivity contribution in [1.82, 2.24) is 15.6 Å². The van der Waals surface area contributed by atoms with Gasteiger partial charge in [-0.15, -0.1) is 11.3 Å². The van der Waals surface area contributed by atoms with Crippen LogP contribution in [0.5, 0.6) is 0 Å². The number of nitrogens with zero attached hydrogens (tertiary/aromatic N) is 1. The molecule has 1 aliphatic heterocycles. The molecule has 1 fully saturated rings. The predicted octanol–water partition coefficient (Wildman–Crippen LogP) is 1.24. The SMILES string of the molecule is Cc1cnc(C(C)NC(=O)C2CCNC2)s1. The molecule has 1 aromatic rings. The number of thiazole rings is 1. The van der Waals surface area contributed by atoms with Crippen LogP contribution in [0, 0.1) is 12.8 Å². The number of amides is 1. The second kappa shape index (κ2) is 4.93. The molecular weight excluding hydrogens is 222 g/mol. The molecule has 2 heterocycles. The average Bonchev–Trinajstić information content (AvgIpc) is 2.87. The van der Waals surface area contributed by atoms with Crippen LogP contribution in [0.2, 0.25) is 0 Å². The van der Waals surface area contributed by atoms with Gasteiger partial charge in [-0.2, -0.15) is 0 Å². The molecule has 2 rings (SSSR count). The number of aromatic nitrogens is 1. The van der Waals surface area contributed by atoms with E-state index in [9.17, 15) is 4.79 Å². The van der Waals surface area contributed by atoms with Crippen LogP contribution in [0.15, 0.2) is 6.20 Å². The van der Waals surface area contributed by atoms with Crippen LogP contribution in [-0.2, 0) is 4.79 Å². The van der Waals surface area contributed by atoms with Crippen molar-refractivity contribution in [3.05, 3.63) is 16.1 Å². The average molecular weight is 239 g/mol. The number of aryl methyl sites for hydroxylation is 1. The monoisotopic (exact) mass is 239 g/mol. The lowest BCUT2D eigenvalue weighted by molar-refractivity contribution is -0.125. The van der Waals surface area contributed by atoms with E-state index in [1.807, 2.05) is 20.0 Å². The van der Waals surface area contributed by atoms with E-state index >= 15 is 0 Å². The lowest BCUT2D eigenvalue weighted by Gasteiger charge is -2.14. The summed E-state index contributed by atoms with van der Waals surface area (Å²) < 4.78 is 0. The summed E-state index contributed by atoms with van der Waals surface area (Å²) in [5.74, 6) is 0.272. The summed E-state index contributed by atoms with van der Waals surface area (Å²) in [6.07, 6.45) is 2.79. The first-order chi connectivity index (χ1) is 7.66. The van der Waals surface area contributed by atoms with E-state index in [2.05, 4.69) is 15.6 Å². The number of rotatable bonds is 3. The Morgan fingerprint density at radius 3 is 3.12 bits per heavy atom. The normalized spacial score (nSPS) is 22.0. The highest BCUT2D eigenvalue weighted by atomic mass is 32.1. The first-order valence-electron chi connectivity index (χ1n) is 5.60. The minimum absolute atomic E-state index is 0.0202. The highest BCUT2D eigenvalue weighted by Crippen LogP contribution is 2.19. The fraction of sp³-hybridized carbons (Fsp3) is 0.636. The third-order valence-electron chi connectivity index (χ3n) is 2.80. The van der Waals surface area contributed by atoms with Crippen molar-refractivity contribution in [3.63, 3.8) is 0 Å². The van der Waals surface area contributed by atoms with Crippen LogP contribution < -0.4 is 10.6 Å². The van der Waals surface area contributed by atoms with Gasteiger partial charge in [0.25, 0.3) is 0 Å². The van der Waals surface area contributed by atoms with Gasteiger partial charge in [-0.25, -0.2) is 4.98 Å². The molecule has 0 aliphatic carbocycles. The van der Waals surface area contributed by atoms with E-state index in [-0.39, 0.29) is 17.9 Å². The third-order valence-corrected chi connectivity index (χ3v) is 3.89. The van der Waals surface area contributed by atoms with E-state index in [0.717, 1.165) is 24.5 Å². The van der Waals surface area contributed by atoms with Crippen LogP contribution in [0.3, 0.4) is 0 Å². The van der Waals surface area contributed by atoms with E-state index in [1.165, 1.54) is 4.88 Å². The van der Waals surface area contributed by atoms with Gasteiger partial charge in [-0.3, -0.25) is 4.79 Å². The zero-order chi connectivity index (χ0) is 11.5. The van der Waals surface area contributed by atoms with Crippen molar-refractivity contribution in [2.45, 2.75) is 26.3 Å². The molecule has 1 aromatic heterocycles. The maximum absolute atomic E-state index is 11.9. The topological polar surface area (TPSA) is 54.0 Å². The van der Waals surface area contributed by atoms with Crippen molar-refractivity contribution in [1.29, 1.82) is 0 Å². The molecule has 0 aromatic carbocycles. The summed E-state index contributed by atoms with van der Waals surface area (Å²) in [4.78, 5) is 17.3. The Balaban J connectivity index is 1.91. The lowest BCUT2D eigenvalue weighted by atomic mass is 10.1. The van der Waals surface area contributed by atoms with Gasteiger partial charge in [0, 0.05) is 17.6 Å². The van der Waals surface area contributed by atoms with Gasteiger partial charge in [0.2, 0.25) is 5.91 Å². The molecule has 1 aliphatic rings. The van der Waals surface area contributed by atoms with Gasteiger partial charge in [0.15, 0.2) is 0 Å². The van der Waals surface area contributed by atoms with Gasteiger partial charge in [0.1, 0.15) is 5.01 Å². The maximum Gasteiger partial charge on any atom is 0.224 e. The second-order valence-electron chi connectivity index (χ2n) is 4.23. The van der Waals surface area contributed by atoms with Crippen molar-refractivity contribution in [2.24, 2.45) is 5.92 Å². The molecule has 2 N–H and O–H groups in total. The molecule has 5 heteroatoms. The smallest absolute Gasteiger partial charge is 0.224 e. The fourth-order valence-corrected chi connectivity index (χ4v) is 2.62. The molecule has 2 atom stereocenters. The van der Waals surface area contributed by atoms with Gasteiger partial charge in [-0.05, 0) is 26.8 Å². The molecule has 1 amide bonds. The summed E-state index contributed by atoms with van der Waals surface area (Å²) >= 11 is 1.64. The first kappa shape index (κ1) is 11.5. The van der Waals surface area contributed by atoms with Gasteiger partial charge in [0.05, 0.1) is 12.0 Å². The summed E-state index contributed by atoms with van der Waals surface area (Å²) in [5, 5.41) is 7.20.